The Bertz CT molecular complexity index is 613. The number of aromatic nitrogens is 2. The van der Waals surface area contributed by atoms with Crippen LogP contribution in [0.15, 0.2) is 24.3 Å². The first-order valence-corrected chi connectivity index (χ1v) is 7.66. The summed E-state index contributed by atoms with van der Waals surface area (Å²) in [4.78, 5) is 4.99. The molecule has 0 atom stereocenters. The van der Waals surface area contributed by atoms with Gasteiger partial charge in [-0.1, -0.05) is 25.0 Å². The van der Waals surface area contributed by atoms with Crippen LogP contribution in [0.1, 0.15) is 52.3 Å². The summed E-state index contributed by atoms with van der Waals surface area (Å²) in [6.07, 6.45) is 4.88. The zero-order valence-corrected chi connectivity index (χ0v) is 12.8. The van der Waals surface area contributed by atoms with E-state index >= 15 is 0 Å². The van der Waals surface area contributed by atoms with Crippen molar-refractivity contribution >= 4 is 11.0 Å². The highest BCUT2D eigenvalue weighted by molar-refractivity contribution is 5.76. The molecule has 20 heavy (non-hydrogen) atoms. The first-order valence-electron chi connectivity index (χ1n) is 7.66. The first kappa shape index (κ1) is 13.6. The Balaban J connectivity index is 2.29. The molecule has 1 aliphatic rings. The fourth-order valence-corrected chi connectivity index (χ4v) is 3.63. The van der Waals surface area contributed by atoms with Gasteiger partial charge in [0.05, 0.1) is 11.0 Å². The van der Waals surface area contributed by atoms with Gasteiger partial charge in [-0.15, -0.1) is 0 Å². The van der Waals surface area contributed by atoms with Crippen molar-refractivity contribution in [1.29, 1.82) is 0 Å². The fourth-order valence-electron chi connectivity index (χ4n) is 3.63. The van der Waals surface area contributed by atoms with E-state index in [2.05, 4.69) is 49.6 Å². The van der Waals surface area contributed by atoms with Crippen LogP contribution in [-0.4, -0.2) is 16.1 Å². The molecule has 2 N–H and O–H groups in total. The zero-order chi connectivity index (χ0) is 14.4. The van der Waals surface area contributed by atoms with Crippen molar-refractivity contribution in [3.8, 4) is 0 Å². The summed E-state index contributed by atoms with van der Waals surface area (Å²) >= 11 is 0. The normalized spacial score (nSPS) is 18.8. The molecule has 0 amide bonds. The molecule has 0 saturated heterocycles. The van der Waals surface area contributed by atoms with Crippen LogP contribution in [0.25, 0.3) is 11.0 Å². The molecule has 0 unspecified atom stereocenters. The Labute approximate surface area is 121 Å². The lowest BCUT2D eigenvalue weighted by Crippen LogP contribution is -2.38. The molecule has 0 spiro atoms. The topological polar surface area (TPSA) is 43.8 Å². The van der Waals surface area contributed by atoms with Crippen LogP contribution >= 0.6 is 0 Å². The van der Waals surface area contributed by atoms with E-state index in [1.54, 1.807) is 0 Å². The summed E-state index contributed by atoms with van der Waals surface area (Å²) in [6, 6.07) is 8.45. The molecule has 1 aromatic heterocycles. The van der Waals surface area contributed by atoms with Crippen molar-refractivity contribution in [2.24, 2.45) is 5.73 Å². The number of nitrogens with zero attached hydrogens (tertiary/aromatic N) is 2. The molecule has 0 radical (unpaired) electrons. The minimum atomic E-state index is 0.0240. The van der Waals surface area contributed by atoms with Gasteiger partial charge in [0.1, 0.15) is 5.82 Å². The molecule has 1 aliphatic carbocycles. The average Bonchev–Trinajstić information content (AvgIpc) is 3.03. The second-order valence-corrected chi connectivity index (χ2v) is 7.12. The van der Waals surface area contributed by atoms with Crippen molar-refractivity contribution < 1.29 is 0 Å². The van der Waals surface area contributed by atoms with Crippen molar-refractivity contribution in [2.75, 3.05) is 6.54 Å². The Morgan fingerprint density at radius 3 is 2.45 bits per heavy atom. The van der Waals surface area contributed by atoms with Crippen molar-refractivity contribution in [2.45, 2.75) is 57.4 Å². The SMILES string of the molecule is CC(C)(C)n1c(C2(CN)CCCC2)nc2ccccc21. The molecular formula is C17H25N3. The lowest BCUT2D eigenvalue weighted by atomic mass is 9.84. The van der Waals surface area contributed by atoms with Gasteiger partial charge in [-0.2, -0.15) is 0 Å². The molecule has 1 fully saturated rings. The van der Waals surface area contributed by atoms with Gasteiger partial charge in [-0.05, 0) is 45.7 Å². The molecule has 3 rings (SSSR count). The third kappa shape index (κ3) is 1.96. The Hall–Kier alpha value is -1.35. The quantitative estimate of drug-likeness (QED) is 0.907. The maximum absolute atomic E-state index is 6.18. The van der Waals surface area contributed by atoms with Crippen molar-refractivity contribution in [1.82, 2.24) is 9.55 Å². The first-order chi connectivity index (χ1) is 9.48. The zero-order valence-electron chi connectivity index (χ0n) is 12.8. The van der Waals surface area contributed by atoms with E-state index < -0.39 is 0 Å². The summed E-state index contributed by atoms with van der Waals surface area (Å²) < 4.78 is 2.42. The molecule has 3 nitrogen and oxygen atoms in total. The lowest BCUT2D eigenvalue weighted by Gasteiger charge is -2.33. The Morgan fingerprint density at radius 1 is 1.20 bits per heavy atom. The second kappa shape index (κ2) is 4.59. The maximum Gasteiger partial charge on any atom is 0.117 e. The van der Waals surface area contributed by atoms with Gasteiger partial charge in [0, 0.05) is 17.5 Å². The number of hydrogen-bond acceptors (Lipinski definition) is 2. The number of imidazole rings is 1. The monoisotopic (exact) mass is 271 g/mol. The summed E-state index contributed by atoms with van der Waals surface area (Å²) in [7, 11) is 0. The van der Waals surface area contributed by atoms with Gasteiger partial charge >= 0.3 is 0 Å². The molecular weight excluding hydrogens is 246 g/mol. The van der Waals surface area contributed by atoms with Gasteiger partial charge in [0.2, 0.25) is 0 Å². The highest BCUT2D eigenvalue weighted by Gasteiger charge is 2.40. The molecule has 0 aliphatic heterocycles. The summed E-state index contributed by atoms with van der Waals surface area (Å²) in [6.45, 7) is 7.46. The van der Waals surface area contributed by atoms with Gasteiger partial charge in [0.15, 0.2) is 0 Å². The second-order valence-electron chi connectivity index (χ2n) is 7.12. The Kier molecular flexibility index (Phi) is 3.13. The van der Waals surface area contributed by atoms with Crippen molar-refractivity contribution in [3.05, 3.63) is 30.1 Å². The van der Waals surface area contributed by atoms with Crippen LogP contribution in [0.2, 0.25) is 0 Å². The molecule has 0 bridgehead atoms. The minimum absolute atomic E-state index is 0.0240. The van der Waals surface area contributed by atoms with E-state index in [9.17, 15) is 0 Å². The Morgan fingerprint density at radius 2 is 1.85 bits per heavy atom. The van der Waals surface area contributed by atoms with E-state index in [0.29, 0.717) is 6.54 Å². The average molecular weight is 271 g/mol. The predicted molar refractivity (Wildman–Crippen MR) is 83.9 cm³/mol. The minimum Gasteiger partial charge on any atom is -0.329 e. The molecule has 1 saturated carbocycles. The molecule has 1 aromatic carbocycles. The van der Waals surface area contributed by atoms with Gasteiger partial charge in [-0.25, -0.2) is 4.98 Å². The predicted octanol–water partition coefficient (Wildman–Crippen LogP) is 3.56. The van der Waals surface area contributed by atoms with E-state index in [-0.39, 0.29) is 11.0 Å². The highest BCUT2D eigenvalue weighted by atomic mass is 15.1. The number of hydrogen-bond donors (Lipinski definition) is 1. The number of fused-ring (bicyclic) bond motifs is 1. The van der Waals surface area contributed by atoms with E-state index in [0.717, 1.165) is 5.52 Å². The van der Waals surface area contributed by atoms with E-state index in [1.807, 2.05) is 0 Å². The van der Waals surface area contributed by atoms with Crippen LogP contribution in [0, 0.1) is 0 Å². The number of para-hydroxylation sites is 2. The maximum atomic E-state index is 6.18. The standard InChI is InChI=1S/C17H25N3/c1-16(2,3)20-14-9-5-4-8-13(14)19-15(20)17(12-18)10-6-7-11-17/h4-5,8-9H,6-7,10-12,18H2,1-3H3. The largest absolute Gasteiger partial charge is 0.329 e. The van der Waals surface area contributed by atoms with Crippen LogP contribution in [0.3, 0.4) is 0 Å². The van der Waals surface area contributed by atoms with Crippen LogP contribution < -0.4 is 5.73 Å². The van der Waals surface area contributed by atoms with Crippen LogP contribution in [0.4, 0.5) is 0 Å². The summed E-state index contributed by atoms with van der Waals surface area (Å²) in [5, 5.41) is 0. The smallest absolute Gasteiger partial charge is 0.117 e. The van der Waals surface area contributed by atoms with Gasteiger partial charge in [0.25, 0.3) is 0 Å². The molecule has 1 heterocycles. The van der Waals surface area contributed by atoms with Gasteiger partial charge < -0.3 is 10.3 Å². The molecule has 108 valence electrons. The number of nitrogens with two attached hydrogens (primary N) is 1. The molecule has 3 heteroatoms. The highest BCUT2D eigenvalue weighted by Crippen LogP contribution is 2.42. The summed E-state index contributed by atoms with van der Waals surface area (Å²) in [5.41, 5.74) is 8.61. The van der Waals surface area contributed by atoms with E-state index in [4.69, 9.17) is 10.7 Å². The summed E-state index contributed by atoms with van der Waals surface area (Å²) in [5.74, 6) is 1.20. The number of benzene rings is 1. The molecule has 2 aromatic rings. The van der Waals surface area contributed by atoms with Crippen LogP contribution in [0.5, 0.6) is 0 Å². The number of rotatable bonds is 2. The van der Waals surface area contributed by atoms with Crippen LogP contribution in [-0.2, 0) is 11.0 Å². The van der Waals surface area contributed by atoms with E-state index in [1.165, 1.54) is 37.0 Å². The fraction of sp³-hybridized carbons (Fsp3) is 0.588. The van der Waals surface area contributed by atoms with Crippen molar-refractivity contribution in [3.63, 3.8) is 0 Å². The third-order valence-electron chi connectivity index (χ3n) is 4.66. The third-order valence-corrected chi connectivity index (χ3v) is 4.66. The van der Waals surface area contributed by atoms with Gasteiger partial charge in [-0.3, -0.25) is 0 Å². The lowest BCUT2D eigenvalue weighted by molar-refractivity contribution is 0.334.